The average Bonchev–Trinajstić information content (AvgIpc) is 2.83. The SMILES string of the molecule is CCCNc1c(F)cc(C(=O)N2CCC(O)C2)cc1F. The third kappa shape index (κ3) is 3.07. The summed E-state index contributed by atoms with van der Waals surface area (Å²) in [6, 6.07) is 2.07. The molecule has 0 aromatic heterocycles. The molecule has 0 spiro atoms. The first-order valence-electron chi connectivity index (χ1n) is 6.73. The minimum atomic E-state index is -0.776. The van der Waals surface area contributed by atoms with E-state index < -0.39 is 23.6 Å². The Balaban J connectivity index is 2.19. The minimum absolute atomic E-state index is 0.0313. The van der Waals surface area contributed by atoms with Crippen LogP contribution in [-0.4, -0.2) is 41.7 Å². The van der Waals surface area contributed by atoms with Crippen LogP contribution in [0.4, 0.5) is 14.5 Å². The van der Waals surface area contributed by atoms with Gasteiger partial charge in [-0.25, -0.2) is 8.78 Å². The maximum atomic E-state index is 13.8. The van der Waals surface area contributed by atoms with Gasteiger partial charge in [-0.2, -0.15) is 0 Å². The molecule has 1 heterocycles. The third-order valence-electron chi connectivity index (χ3n) is 3.29. The summed E-state index contributed by atoms with van der Waals surface area (Å²) in [6.07, 6.45) is 0.678. The van der Waals surface area contributed by atoms with Gasteiger partial charge in [-0.05, 0) is 25.0 Å². The van der Waals surface area contributed by atoms with Crippen LogP contribution in [0.15, 0.2) is 12.1 Å². The first kappa shape index (κ1) is 14.7. The van der Waals surface area contributed by atoms with Crippen LogP contribution in [0.3, 0.4) is 0 Å². The fourth-order valence-corrected chi connectivity index (χ4v) is 2.22. The number of aliphatic hydroxyl groups is 1. The summed E-state index contributed by atoms with van der Waals surface area (Å²) in [7, 11) is 0. The lowest BCUT2D eigenvalue weighted by molar-refractivity contribution is 0.0764. The van der Waals surface area contributed by atoms with Crippen molar-refractivity contribution in [1.82, 2.24) is 4.90 Å². The van der Waals surface area contributed by atoms with E-state index in [0.29, 0.717) is 19.5 Å². The Bertz CT molecular complexity index is 485. The Morgan fingerprint density at radius 3 is 2.60 bits per heavy atom. The van der Waals surface area contributed by atoms with Gasteiger partial charge in [-0.3, -0.25) is 4.79 Å². The highest BCUT2D eigenvalue weighted by atomic mass is 19.1. The molecule has 1 aromatic carbocycles. The summed E-state index contributed by atoms with van der Waals surface area (Å²) in [5, 5.41) is 12.1. The van der Waals surface area contributed by atoms with Crippen molar-refractivity contribution in [1.29, 1.82) is 0 Å². The van der Waals surface area contributed by atoms with Crippen LogP contribution in [0.25, 0.3) is 0 Å². The van der Waals surface area contributed by atoms with Crippen LogP contribution in [0.2, 0.25) is 0 Å². The standard InChI is InChI=1S/C14H18F2N2O2/c1-2-4-17-13-11(15)6-9(7-12(13)16)14(20)18-5-3-10(19)8-18/h6-7,10,17,19H,2-5,8H2,1H3. The summed E-state index contributed by atoms with van der Waals surface area (Å²) < 4.78 is 27.7. The van der Waals surface area contributed by atoms with Gasteiger partial charge in [-0.15, -0.1) is 0 Å². The van der Waals surface area contributed by atoms with Crippen molar-refractivity contribution in [3.8, 4) is 0 Å². The molecule has 1 aromatic rings. The largest absolute Gasteiger partial charge is 0.391 e. The van der Waals surface area contributed by atoms with E-state index in [-0.39, 0.29) is 17.8 Å². The van der Waals surface area contributed by atoms with Crippen LogP contribution in [0.5, 0.6) is 0 Å². The quantitative estimate of drug-likeness (QED) is 0.889. The van der Waals surface area contributed by atoms with E-state index in [2.05, 4.69) is 5.32 Å². The molecule has 20 heavy (non-hydrogen) atoms. The molecule has 0 saturated carbocycles. The fraction of sp³-hybridized carbons (Fsp3) is 0.500. The van der Waals surface area contributed by atoms with Crippen molar-refractivity contribution in [2.45, 2.75) is 25.9 Å². The number of nitrogens with one attached hydrogen (secondary N) is 1. The van der Waals surface area contributed by atoms with E-state index in [9.17, 15) is 18.7 Å². The Kier molecular flexibility index (Phi) is 4.54. The van der Waals surface area contributed by atoms with Gasteiger partial charge in [0.2, 0.25) is 0 Å². The molecule has 2 rings (SSSR count). The first-order chi connectivity index (χ1) is 9.52. The van der Waals surface area contributed by atoms with Crippen molar-refractivity contribution in [2.75, 3.05) is 25.0 Å². The molecular formula is C14H18F2N2O2. The maximum Gasteiger partial charge on any atom is 0.254 e. The Morgan fingerprint density at radius 1 is 1.45 bits per heavy atom. The van der Waals surface area contributed by atoms with E-state index in [1.165, 1.54) is 4.90 Å². The number of aliphatic hydroxyl groups excluding tert-OH is 1. The van der Waals surface area contributed by atoms with Gasteiger partial charge in [-0.1, -0.05) is 6.92 Å². The predicted molar refractivity (Wildman–Crippen MR) is 71.7 cm³/mol. The molecule has 1 fully saturated rings. The van der Waals surface area contributed by atoms with Crippen LogP contribution in [0, 0.1) is 11.6 Å². The van der Waals surface area contributed by atoms with Gasteiger partial charge >= 0.3 is 0 Å². The summed E-state index contributed by atoms with van der Waals surface area (Å²) in [5.41, 5.74) is -0.235. The normalized spacial score (nSPS) is 18.4. The lowest BCUT2D eigenvalue weighted by Gasteiger charge is -2.16. The number of likely N-dealkylation sites (tertiary alicyclic amines) is 1. The minimum Gasteiger partial charge on any atom is -0.391 e. The van der Waals surface area contributed by atoms with E-state index in [1.807, 2.05) is 6.92 Å². The van der Waals surface area contributed by atoms with Gasteiger partial charge in [0, 0.05) is 25.2 Å². The van der Waals surface area contributed by atoms with E-state index in [0.717, 1.165) is 18.6 Å². The Morgan fingerprint density at radius 2 is 2.10 bits per heavy atom. The van der Waals surface area contributed by atoms with Crippen LogP contribution >= 0.6 is 0 Å². The molecule has 1 amide bonds. The predicted octanol–water partition coefficient (Wildman–Crippen LogP) is 1.99. The summed E-state index contributed by atoms with van der Waals surface area (Å²) in [6.45, 7) is 2.95. The van der Waals surface area contributed by atoms with Crippen molar-refractivity contribution in [2.24, 2.45) is 0 Å². The maximum absolute atomic E-state index is 13.8. The number of amides is 1. The Hall–Kier alpha value is -1.69. The number of carbonyl (C=O) groups excluding carboxylic acids is 1. The molecule has 0 aliphatic carbocycles. The smallest absolute Gasteiger partial charge is 0.254 e. The van der Waals surface area contributed by atoms with Gasteiger partial charge in [0.1, 0.15) is 17.3 Å². The van der Waals surface area contributed by atoms with Crippen LogP contribution in [-0.2, 0) is 0 Å². The molecule has 110 valence electrons. The molecule has 2 N–H and O–H groups in total. The van der Waals surface area contributed by atoms with E-state index >= 15 is 0 Å². The highest BCUT2D eigenvalue weighted by molar-refractivity contribution is 5.94. The summed E-state index contributed by atoms with van der Waals surface area (Å²) in [5.74, 6) is -2.01. The fourth-order valence-electron chi connectivity index (χ4n) is 2.22. The number of anilines is 1. The van der Waals surface area contributed by atoms with Crippen LogP contribution < -0.4 is 5.32 Å². The second-order valence-electron chi connectivity index (χ2n) is 4.94. The molecule has 1 aliphatic heterocycles. The van der Waals surface area contributed by atoms with Crippen molar-refractivity contribution in [3.05, 3.63) is 29.3 Å². The summed E-state index contributed by atoms with van der Waals surface area (Å²) >= 11 is 0. The van der Waals surface area contributed by atoms with Crippen LogP contribution in [0.1, 0.15) is 30.1 Å². The molecule has 1 aliphatic rings. The number of carbonyl (C=O) groups is 1. The molecule has 1 saturated heterocycles. The van der Waals surface area contributed by atoms with Crippen molar-refractivity contribution >= 4 is 11.6 Å². The molecule has 6 heteroatoms. The molecular weight excluding hydrogens is 266 g/mol. The van der Waals surface area contributed by atoms with Crippen molar-refractivity contribution < 1.29 is 18.7 Å². The topological polar surface area (TPSA) is 52.6 Å². The number of nitrogens with zero attached hydrogens (tertiary/aromatic N) is 1. The zero-order valence-corrected chi connectivity index (χ0v) is 11.3. The number of halogens is 2. The number of hydrogen-bond acceptors (Lipinski definition) is 3. The highest BCUT2D eigenvalue weighted by Crippen LogP contribution is 2.22. The third-order valence-corrected chi connectivity index (χ3v) is 3.29. The number of hydrogen-bond donors (Lipinski definition) is 2. The lowest BCUT2D eigenvalue weighted by Crippen LogP contribution is -2.29. The number of rotatable bonds is 4. The van der Waals surface area contributed by atoms with Crippen molar-refractivity contribution in [3.63, 3.8) is 0 Å². The molecule has 0 radical (unpaired) electrons. The average molecular weight is 284 g/mol. The lowest BCUT2D eigenvalue weighted by atomic mass is 10.1. The number of benzene rings is 1. The second-order valence-corrected chi connectivity index (χ2v) is 4.94. The van der Waals surface area contributed by atoms with Gasteiger partial charge in [0.05, 0.1) is 6.10 Å². The summed E-state index contributed by atoms with van der Waals surface area (Å²) in [4.78, 5) is 13.5. The van der Waals surface area contributed by atoms with E-state index in [1.54, 1.807) is 0 Å². The number of β-amino-alcohol motifs (C(OH)–C–C–N with tert-alkyl or cyclic N) is 1. The Labute approximate surface area is 116 Å². The highest BCUT2D eigenvalue weighted by Gasteiger charge is 2.26. The molecule has 4 nitrogen and oxygen atoms in total. The second kappa shape index (κ2) is 6.17. The van der Waals surface area contributed by atoms with Gasteiger partial charge in [0.25, 0.3) is 5.91 Å². The zero-order valence-electron chi connectivity index (χ0n) is 11.3. The van der Waals surface area contributed by atoms with E-state index in [4.69, 9.17) is 0 Å². The molecule has 1 unspecified atom stereocenters. The van der Waals surface area contributed by atoms with Gasteiger partial charge in [0.15, 0.2) is 0 Å². The first-order valence-corrected chi connectivity index (χ1v) is 6.73. The molecule has 0 bridgehead atoms. The van der Waals surface area contributed by atoms with Gasteiger partial charge < -0.3 is 15.3 Å². The molecule has 1 atom stereocenters. The monoisotopic (exact) mass is 284 g/mol. The zero-order chi connectivity index (χ0) is 14.7.